The van der Waals surface area contributed by atoms with Gasteiger partial charge in [-0.25, -0.2) is 13.5 Å². The molecule has 176 valence electrons. The summed E-state index contributed by atoms with van der Waals surface area (Å²) in [6.45, 7) is 2.22. The Balaban J connectivity index is 1.42. The van der Waals surface area contributed by atoms with Crippen LogP contribution in [0.4, 0.5) is 8.78 Å². The summed E-state index contributed by atoms with van der Waals surface area (Å²) in [6.07, 6.45) is 4.07. The highest BCUT2D eigenvalue weighted by Gasteiger charge is 2.40. The van der Waals surface area contributed by atoms with Gasteiger partial charge in [0.1, 0.15) is 11.6 Å². The van der Waals surface area contributed by atoms with Crippen LogP contribution < -0.4 is 0 Å². The molecular formula is C27H27F2N3O2. The molecule has 2 aliphatic carbocycles. The highest BCUT2D eigenvalue weighted by Crippen LogP contribution is 2.47. The van der Waals surface area contributed by atoms with Crippen LogP contribution in [0.2, 0.25) is 0 Å². The van der Waals surface area contributed by atoms with E-state index in [-0.39, 0.29) is 49.1 Å². The van der Waals surface area contributed by atoms with Gasteiger partial charge >= 0.3 is 0 Å². The van der Waals surface area contributed by atoms with Gasteiger partial charge in [-0.15, -0.1) is 0 Å². The topological polar surface area (TPSA) is 58.4 Å². The molecule has 0 unspecified atom stereocenters. The summed E-state index contributed by atoms with van der Waals surface area (Å²) in [5.74, 6) is -0.973. The lowest BCUT2D eigenvalue weighted by Crippen LogP contribution is -2.38. The van der Waals surface area contributed by atoms with Gasteiger partial charge in [-0.2, -0.15) is 5.10 Å². The van der Waals surface area contributed by atoms with Crippen molar-refractivity contribution >= 4 is 5.91 Å². The summed E-state index contributed by atoms with van der Waals surface area (Å²) in [7, 11) is 0. The molecule has 0 fully saturated rings. The normalized spacial score (nSPS) is 19.2. The van der Waals surface area contributed by atoms with Gasteiger partial charge in [-0.1, -0.05) is 36.3 Å². The minimum absolute atomic E-state index is 0.0221. The van der Waals surface area contributed by atoms with Crippen LogP contribution in [-0.2, 0) is 17.8 Å². The zero-order chi connectivity index (χ0) is 23.8. The van der Waals surface area contributed by atoms with Crippen LogP contribution in [0.15, 0.2) is 65.9 Å². The maximum absolute atomic E-state index is 14.3. The van der Waals surface area contributed by atoms with E-state index in [0.29, 0.717) is 18.4 Å². The Labute approximate surface area is 197 Å². The molecule has 3 aromatic rings. The van der Waals surface area contributed by atoms with Gasteiger partial charge < -0.3 is 10.0 Å². The molecule has 5 nitrogen and oxygen atoms in total. The second kappa shape index (κ2) is 9.14. The molecule has 0 radical (unpaired) electrons. The Morgan fingerprint density at radius 3 is 2.68 bits per heavy atom. The lowest BCUT2D eigenvalue weighted by atomic mass is 9.79. The summed E-state index contributed by atoms with van der Waals surface area (Å²) in [4.78, 5) is 15.2. The largest absolute Gasteiger partial charge is 0.395 e. The number of hydrogen-bond donors (Lipinski definition) is 1. The first-order valence-corrected chi connectivity index (χ1v) is 11.7. The first kappa shape index (κ1) is 22.5. The molecule has 2 atom stereocenters. The van der Waals surface area contributed by atoms with Crippen molar-refractivity contribution in [2.75, 3.05) is 13.2 Å². The summed E-state index contributed by atoms with van der Waals surface area (Å²) >= 11 is 0. The summed E-state index contributed by atoms with van der Waals surface area (Å²) in [6, 6.07) is 12.7. The van der Waals surface area contributed by atoms with E-state index >= 15 is 0 Å². The third-order valence-corrected chi connectivity index (χ3v) is 7.10. The average Bonchev–Trinajstić information content (AvgIpc) is 3.45. The number of allylic oxidation sites excluding steroid dienone is 1. The number of amides is 1. The van der Waals surface area contributed by atoms with E-state index in [1.165, 1.54) is 23.8 Å². The lowest BCUT2D eigenvalue weighted by molar-refractivity contribution is -0.135. The molecule has 0 aliphatic heterocycles. The highest BCUT2D eigenvalue weighted by molar-refractivity contribution is 5.83. The molecule has 2 aliphatic rings. The van der Waals surface area contributed by atoms with Crippen molar-refractivity contribution < 1.29 is 18.7 Å². The van der Waals surface area contributed by atoms with E-state index in [2.05, 4.69) is 12.0 Å². The third-order valence-electron chi connectivity index (χ3n) is 7.10. The Morgan fingerprint density at radius 1 is 1.18 bits per heavy atom. The minimum Gasteiger partial charge on any atom is -0.395 e. The van der Waals surface area contributed by atoms with Crippen LogP contribution in [0.25, 0.3) is 5.69 Å². The monoisotopic (exact) mass is 463 g/mol. The Kier molecular flexibility index (Phi) is 6.04. The van der Waals surface area contributed by atoms with Gasteiger partial charge in [0.25, 0.3) is 0 Å². The smallest absolute Gasteiger partial charge is 0.230 e. The molecule has 2 aromatic carbocycles. The number of fused-ring (bicyclic) bond motifs is 1. The van der Waals surface area contributed by atoms with Crippen molar-refractivity contribution in [3.8, 4) is 5.69 Å². The number of carbonyl (C=O) groups is 1. The van der Waals surface area contributed by atoms with Gasteiger partial charge in [0, 0.05) is 36.6 Å². The lowest BCUT2D eigenvalue weighted by Gasteiger charge is -2.30. The average molecular weight is 464 g/mol. The van der Waals surface area contributed by atoms with Crippen LogP contribution in [0.5, 0.6) is 0 Å². The van der Waals surface area contributed by atoms with Crippen LogP contribution in [0.1, 0.15) is 42.5 Å². The standard InChI is InChI=1S/C27H27F2N3O2/c1-17-23-15-30-32(21-9-7-20(28)8-10-21)25(23)14-18-6-11-22(26(17)18)27(34)31(12-13-33)16-19-4-2-3-5-24(19)29/h2-5,7-10,15,17,22,33H,6,11-14,16H2,1H3/t17-,22+/m1/s1. The number of hydrogen-bond acceptors (Lipinski definition) is 3. The molecule has 1 heterocycles. The number of halogens is 2. The predicted molar refractivity (Wildman–Crippen MR) is 124 cm³/mol. The van der Waals surface area contributed by atoms with Gasteiger partial charge in [0.2, 0.25) is 5.91 Å². The molecule has 0 saturated heterocycles. The zero-order valence-corrected chi connectivity index (χ0v) is 19.0. The molecule has 5 rings (SSSR count). The Bertz CT molecular complexity index is 1250. The van der Waals surface area contributed by atoms with Crippen LogP contribution >= 0.6 is 0 Å². The predicted octanol–water partition coefficient (Wildman–Crippen LogP) is 4.54. The van der Waals surface area contributed by atoms with Crippen LogP contribution in [-0.4, -0.2) is 38.8 Å². The first-order valence-electron chi connectivity index (χ1n) is 11.7. The molecule has 0 saturated carbocycles. The fourth-order valence-corrected chi connectivity index (χ4v) is 5.46. The first-order chi connectivity index (χ1) is 16.5. The van der Waals surface area contributed by atoms with Gasteiger partial charge in [-0.05, 0) is 43.2 Å². The minimum atomic E-state index is -0.353. The SMILES string of the molecule is C[C@H]1C2=C(CC[C@@H]2C(=O)N(CCO)Cc2ccccc2F)Cc2c1cnn2-c1ccc(F)cc1. The number of aliphatic hydroxyl groups excluding tert-OH is 1. The van der Waals surface area contributed by atoms with E-state index in [4.69, 9.17) is 0 Å². The maximum atomic E-state index is 14.3. The summed E-state index contributed by atoms with van der Waals surface area (Å²) < 4.78 is 29.5. The number of aromatic nitrogens is 2. The second-order valence-corrected chi connectivity index (χ2v) is 9.06. The Hall–Kier alpha value is -3.32. The molecule has 1 amide bonds. The number of rotatable bonds is 6. The van der Waals surface area contributed by atoms with E-state index in [1.54, 1.807) is 35.2 Å². The number of carbonyl (C=O) groups excluding carboxylic acids is 1. The van der Waals surface area contributed by atoms with E-state index < -0.39 is 0 Å². The number of aliphatic hydroxyl groups is 1. The van der Waals surface area contributed by atoms with Crippen LogP contribution in [0, 0.1) is 17.6 Å². The Morgan fingerprint density at radius 2 is 1.94 bits per heavy atom. The van der Waals surface area contributed by atoms with Crippen molar-refractivity contribution in [2.45, 2.75) is 38.6 Å². The highest BCUT2D eigenvalue weighted by atomic mass is 19.1. The zero-order valence-electron chi connectivity index (χ0n) is 19.0. The molecule has 0 spiro atoms. The fourth-order valence-electron chi connectivity index (χ4n) is 5.46. The van der Waals surface area contributed by atoms with Crippen molar-refractivity contribution in [2.24, 2.45) is 5.92 Å². The number of nitrogens with zero attached hydrogens (tertiary/aromatic N) is 3. The maximum Gasteiger partial charge on any atom is 0.230 e. The van der Waals surface area contributed by atoms with Gasteiger partial charge in [-0.3, -0.25) is 4.79 Å². The van der Waals surface area contributed by atoms with Crippen molar-refractivity contribution in [3.05, 3.63) is 94.3 Å². The van der Waals surface area contributed by atoms with Crippen molar-refractivity contribution in [3.63, 3.8) is 0 Å². The quantitative estimate of drug-likeness (QED) is 0.546. The number of benzene rings is 2. The van der Waals surface area contributed by atoms with Crippen molar-refractivity contribution in [1.82, 2.24) is 14.7 Å². The molecule has 7 heteroatoms. The second-order valence-electron chi connectivity index (χ2n) is 9.06. The van der Waals surface area contributed by atoms with Gasteiger partial charge in [0.05, 0.1) is 30.1 Å². The molecule has 1 N–H and O–H groups in total. The van der Waals surface area contributed by atoms with Crippen LogP contribution in [0.3, 0.4) is 0 Å². The van der Waals surface area contributed by atoms with E-state index in [0.717, 1.165) is 28.9 Å². The third kappa shape index (κ3) is 3.94. The van der Waals surface area contributed by atoms with Crippen molar-refractivity contribution in [1.29, 1.82) is 0 Å². The van der Waals surface area contributed by atoms with E-state index in [1.807, 2.05) is 10.9 Å². The van der Waals surface area contributed by atoms with Gasteiger partial charge in [0.15, 0.2) is 0 Å². The summed E-state index contributed by atoms with van der Waals surface area (Å²) in [5, 5.41) is 14.2. The molecule has 0 bridgehead atoms. The molecule has 1 aromatic heterocycles. The molecular weight excluding hydrogens is 436 g/mol. The summed E-state index contributed by atoms with van der Waals surface area (Å²) in [5.41, 5.74) is 5.78. The van der Waals surface area contributed by atoms with E-state index in [9.17, 15) is 18.7 Å². The fraction of sp³-hybridized carbons (Fsp3) is 0.333. The molecule has 34 heavy (non-hydrogen) atoms.